The van der Waals surface area contributed by atoms with Crippen LogP contribution in [-0.4, -0.2) is 40.3 Å². The highest BCUT2D eigenvalue weighted by Crippen LogP contribution is 2.41. The topological polar surface area (TPSA) is 80.1 Å². The van der Waals surface area contributed by atoms with Crippen molar-refractivity contribution in [3.63, 3.8) is 0 Å². The number of pyridine rings is 1. The molecule has 0 unspecified atom stereocenters. The van der Waals surface area contributed by atoms with E-state index in [-0.39, 0.29) is 28.6 Å². The Bertz CT molecular complexity index is 1370. The van der Waals surface area contributed by atoms with E-state index in [1.807, 2.05) is 12.1 Å². The molecule has 2 N–H and O–H groups in total. The first-order valence-electron chi connectivity index (χ1n) is 11.0. The van der Waals surface area contributed by atoms with E-state index >= 15 is 4.39 Å². The van der Waals surface area contributed by atoms with E-state index in [9.17, 15) is 9.90 Å². The van der Waals surface area contributed by atoms with Gasteiger partial charge in [0.05, 0.1) is 22.0 Å². The molecule has 1 aromatic carbocycles. The molecule has 4 aromatic rings. The Morgan fingerprint density at radius 3 is 2.68 bits per heavy atom. The molecule has 178 valence electrons. The number of aromatic nitrogens is 3. The van der Waals surface area contributed by atoms with E-state index in [2.05, 4.69) is 29.6 Å². The highest BCUT2D eigenvalue weighted by atomic mass is 35.5. The summed E-state index contributed by atoms with van der Waals surface area (Å²) in [6.07, 6.45) is 3.45. The highest BCUT2D eigenvalue weighted by molar-refractivity contribution is 6.76. The monoisotopic (exact) mass is 499 g/mol. The lowest BCUT2D eigenvalue weighted by molar-refractivity contribution is 0.0695. The van der Waals surface area contributed by atoms with E-state index < -0.39 is 19.9 Å². The number of nitrogens with one attached hydrogen (secondary N) is 1. The molecule has 0 atom stereocenters. The van der Waals surface area contributed by atoms with E-state index in [4.69, 9.17) is 16.3 Å². The Hall–Kier alpha value is -2.94. The second-order valence-electron chi connectivity index (χ2n) is 9.48. The fraction of sp³-hybridized carbons (Fsp3) is 0.280. The molecule has 3 aromatic heterocycles. The number of nitrogens with zero attached hydrogens (tertiary/aromatic N) is 2. The second kappa shape index (κ2) is 9.36. The Balaban J connectivity index is 1.98. The quantitative estimate of drug-likeness (QED) is 0.206. The molecular formula is C25H27ClFN3O3Si. The molecule has 0 aliphatic carbocycles. The van der Waals surface area contributed by atoms with Crippen LogP contribution in [0.3, 0.4) is 0 Å². The highest BCUT2D eigenvalue weighted by Gasteiger charge is 2.29. The molecule has 9 heteroatoms. The van der Waals surface area contributed by atoms with Gasteiger partial charge in [0.15, 0.2) is 5.82 Å². The standard InChI is InChI=1S/C25H27ClFN3O3Si/c1-15-20(25(31)32)23(18-6-5-7-19(26)21(18)27)30(14-33-12-13-34(2,3)4)22(15)16-8-10-28-24-17(16)9-11-29-24/h5-11H,12-14H2,1-4H3,(H,28,29)(H,31,32). The molecule has 0 radical (unpaired) electrons. The summed E-state index contributed by atoms with van der Waals surface area (Å²) >= 11 is 6.08. The Morgan fingerprint density at radius 2 is 1.97 bits per heavy atom. The molecule has 3 heterocycles. The lowest BCUT2D eigenvalue weighted by Gasteiger charge is -2.19. The van der Waals surface area contributed by atoms with Gasteiger partial charge in [-0.2, -0.15) is 0 Å². The molecule has 34 heavy (non-hydrogen) atoms. The number of carbonyl (C=O) groups is 1. The third kappa shape index (κ3) is 4.53. The normalized spacial score (nSPS) is 11.9. The van der Waals surface area contributed by atoms with Gasteiger partial charge in [0, 0.05) is 43.6 Å². The number of aromatic amines is 1. The lowest BCUT2D eigenvalue weighted by Crippen LogP contribution is -2.22. The number of benzene rings is 1. The van der Waals surface area contributed by atoms with Gasteiger partial charge in [-0.05, 0) is 42.8 Å². The van der Waals surface area contributed by atoms with Crippen molar-refractivity contribution < 1.29 is 19.0 Å². The molecule has 6 nitrogen and oxygen atoms in total. The number of hydrogen-bond acceptors (Lipinski definition) is 3. The van der Waals surface area contributed by atoms with Crippen LogP contribution in [0.15, 0.2) is 42.7 Å². The molecular weight excluding hydrogens is 473 g/mol. The van der Waals surface area contributed by atoms with Gasteiger partial charge in [0.1, 0.15) is 12.4 Å². The molecule has 4 rings (SSSR count). The number of fused-ring (bicyclic) bond motifs is 1. The van der Waals surface area contributed by atoms with Crippen LogP contribution in [0.5, 0.6) is 0 Å². The van der Waals surface area contributed by atoms with Gasteiger partial charge in [0.2, 0.25) is 0 Å². The van der Waals surface area contributed by atoms with Crippen LogP contribution >= 0.6 is 11.6 Å². The van der Waals surface area contributed by atoms with Crippen molar-refractivity contribution in [2.75, 3.05) is 6.61 Å². The van der Waals surface area contributed by atoms with Crippen molar-refractivity contribution in [2.45, 2.75) is 39.3 Å². The minimum Gasteiger partial charge on any atom is -0.478 e. The van der Waals surface area contributed by atoms with Crippen LogP contribution in [0.4, 0.5) is 4.39 Å². The fourth-order valence-electron chi connectivity index (χ4n) is 4.15. The molecule has 0 aliphatic rings. The number of carboxylic acids is 1. The number of ether oxygens (including phenoxy) is 1. The van der Waals surface area contributed by atoms with E-state index in [1.54, 1.807) is 36.0 Å². The van der Waals surface area contributed by atoms with Gasteiger partial charge in [0.25, 0.3) is 0 Å². The van der Waals surface area contributed by atoms with Gasteiger partial charge >= 0.3 is 5.97 Å². The van der Waals surface area contributed by atoms with Crippen molar-refractivity contribution >= 4 is 36.7 Å². The van der Waals surface area contributed by atoms with Crippen LogP contribution < -0.4 is 0 Å². The van der Waals surface area contributed by atoms with Crippen molar-refractivity contribution in [2.24, 2.45) is 0 Å². The van der Waals surface area contributed by atoms with Gasteiger partial charge in [-0.15, -0.1) is 0 Å². The maximum atomic E-state index is 15.2. The number of H-pyrrole nitrogens is 1. The maximum absolute atomic E-state index is 15.2. The molecule has 0 spiro atoms. The third-order valence-electron chi connectivity index (χ3n) is 5.86. The SMILES string of the molecule is Cc1c(C(=O)O)c(-c2cccc(Cl)c2F)n(COCC[Si](C)(C)C)c1-c1ccnc2[nH]ccc12. The largest absolute Gasteiger partial charge is 0.478 e. The van der Waals surface area contributed by atoms with Crippen molar-refractivity contribution in [1.29, 1.82) is 0 Å². The minimum atomic E-state index is -1.34. The zero-order valence-electron chi connectivity index (χ0n) is 19.6. The van der Waals surface area contributed by atoms with Gasteiger partial charge in [-0.3, -0.25) is 0 Å². The first-order chi connectivity index (χ1) is 16.1. The molecule has 0 aliphatic heterocycles. The van der Waals surface area contributed by atoms with Crippen molar-refractivity contribution in [1.82, 2.24) is 14.5 Å². The summed E-state index contributed by atoms with van der Waals surface area (Å²) < 4.78 is 23.0. The molecule has 0 amide bonds. The smallest absolute Gasteiger partial charge is 0.338 e. The van der Waals surface area contributed by atoms with Crippen LogP contribution in [0.1, 0.15) is 15.9 Å². The van der Waals surface area contributed by atoms with Crippen LogP contribution in [0.2, 0.25) is 30.7 Å². The molecule has 0 saturated carbocycles. The summed E-state index contributed by atoms with van der Waals surface area (Å²) in [5, 5.41) is 10.9. The summed E-state index contributed by atoms with van der Waals surface area (Å²) in [7, 11) is -1.34. The number of rotatable bonds is 8. The third-order valence-corrected chi connectivity index (χ3v) is 7.86. The molecule has 0 fully saturated rings. The average molecular weight is 500 g/mol. The molecule has 0 saturated heterocycles. The van der Waals surface area contributed by atoms with E-state index in [0.717, 1.165) is 17.0 Å². The summed E-state index contributed by atoms with van der Waals surface area (Å²) in [5.41, 5.74) is 2.99. The van der Waals surface area contributed by atoms with Gasteiger partial charge in [-0.25, -0.2) is 14.2 Å². The first kappa shape index (κ1) is 24.2. The zero-order chi connectivity index (χ0) is 24.6. The Kier molecular flexibility index (Phi) is 6.66. The van der Waals surface area contributed by atoms with Crippen LogP contribution in [-0.2, 0) is 11.5 Å². The number of carboxylic acid groups (broad SMARTS) is 1. The van der Waals surface area contributed by atoms with Crippen molar-refractivity contribution in [3.05, 3.63) is 64.7 Å². The number of hydrogen-bond donors (Lipinski definition) is 2. The summed E-state index contributed by atoms with van der Waals surface area (Å²) in [5.74, 6) is -1.81. The summed E-state index contributed by atoms with van der Waals surface area (Å²) in [4.78, 5) is 19.9. The summed E-state index contributed by atoms with van der Waals surface area (Å²) in [6.45, 7) is 9.12. The van der Waals surface area contributed by atoms with Crippen molar-refractivity contribution in [3.8, 4) is 22.5 Å². The average Bonchev–Trinajstić information content (AvgIpc) is 3.35. The Morgan fingerprint density at radius 1 is 1.21 bits per heavy atom. The zero-order valence-corrected chi connectivity index (χ0v) is 21.3. The minimum absolute atomic E-state index is 0.0189. The number of halogens is 2. The van der Waals surface area contributed by atoms with E-state index in [0.29, 0.717) is 23.5 Å². The van der Waals surface area contributed by atoms with E-state index in [1.165, 1.54) is 6.07 Å². The fourth-order valence-corrected chi connectivity index (χ4v) is 5.08. The first-order valence-corrected chi connectivity index (χ1v) is 15.1. The lowest BCUT2D eigenvalue weighted by atomic mass is 10.0. The maximum Gasteiger partial charge on any atom is 0.338 e. The van der Waals surface area contributed by atoms with Gasteiger partial charge < -0.3 is 19.4 Å². The van der Waals surface area contributed by atoms with Gasteiger partial charge in [-0.1, -0.05) is 37.3 Å². The van der Waals surface area contributed by atoms with Crippen LogP contribution in [0, 0.1) is 12.7 Å². The molecule has 0 bridgehead atoms. The number of aromatic carboxylic acids is 1. The summed E-state index contributed by atoms with van der Waals surface area (Å²) in [6, 6.07) is 9.28. The Labute approximate surface area is 203 Å². The predicted molar refractivity (Wildman–Crippen MR) is 136 cm³/mol. The second-order valence-corrected chi connectivity index (χ2v) is 15.5. The predicted octanol–water partition coefficient (Wildman–Crippen LogP) is 6.81. The van der Waals surface area contributed by atoms with Crippen LogP contribution in [0.25, 0.3) is 33.5 Å².